The van der Waals surface area contributed by atoms with Crippen LogP contribution in [-0.2, 0) is 30.1 Å². The van der Waals surface area contributed by atoms with Crippen molar-refractivity contribution >= 4 is 35.1 Å². The predicted molar refractivity (Wildman–Crippen MR) is 126 cm³/mol. The molecule has 1 aliphatic heterocycles. The first-order valence-electron chi connectivity index (χ1n) is 11.7. The fourth-order valence-electron chi connectivity index (χ4n) is 4.17. The highest BCUT2D eigenvalue weighted by Gasteiger charge is 2.40. The Kier molecular flexibility index (Phi) is 9.79. The van der Waals surface area contributed by atoms with Crippen LogP contribution in [0.4, 0.5) is 18.9 Å². The van der Waals surface area contributed by atoms with Gasteiger partial charge in [-0.05, 0) is 52.2 Å². The van der Waals surface area contributed by atoms with E-state index in [0.29, 0.717) is 19.4 Å². The molecule has 2 unspecified atom stereocenters. The van der Waals surface area contributed by atoms with Crippen molar-refractivity contribution in [3.8, 4) is 0 Å². The average Bonchev–Trinajstić information content (AvgIpc) is 2.81. The third-order valence-electron chi connectivity index (χ3n) is 5.82. The fraction of sp³-hybridized carbons (Fsp3) is 0.542. The van der Waals surface area contributed by atoms with E-state index in [0.717, 1.165) is 23.1 Å². The molecule has 0 spiro atoms. The van der Waals surface area contributed by atoms with E-state index >= 15 is 0 Å². The van der Waals surface area contributed by atoms with E-state index in [1.807, 2.05) is 5.32 Å². The second-order valence-electron chi connectivity index (χ2n) is 9.62. The van der Waals surface area contributed by atoms with Crippen molar-refractivity contribution in [2.24, 2.45) is 5.92 Å². The molecule has 1 saturated heterocycles. The molecule has 0 radical (unpaired) electrons. The lowest BCUT2D eigenvalue weighted by atomic mass is 9.87. The summed E-state index contributed by atoms with van der Waals surface area (Å²) in [5.41, 5.74) is -2.77. The maximum absolute atomic E-state index is 13.1. The lowest BCUT2D eigenvalue weighted by molar-refractivity contribution is -0.148. The molecule has 37 heavy (non-hydrogen) atoms. The molecular formula is C24H31F3N4O6. The van der Waals surface area contributed by atoms with Gasteiger partial charge in [-0.3, -0.25) is 24.0 Å². The molecule has 0 bridgehead atoms. The Hall–Kier alpha value is -3.48. The highest BCUT2D eigenvalue weighted by atomic mass is 19.4. The number of hydrogen-bond acceptors (Lipinski definition) is 6. The Morgan fingerprint density at radius 1 is 1.14 bits per heavy atom. The van der Waals surface area contributed by atoms with Crippen molar-refractivity contribution in [3.63, 3.8) is 0 Å². The van der Waals surface area contributed by atoms with Gasteiger partial charge >= 0.3 is 18.0 Å². The molecule has 2 rings (SSSR count). The summed E-state index contributed by atoms with van der Waals surface area (Å²) in [6.45, 7) is 3.71. The van der Waals surface area contributed by atoms with E-state index in [4.69, 9.17) is 0 Å². The third kappa shape index (κ3) is 8.00. The first kappa shape index (κ1) is 29.7. The number of carbonyl (C=O) groups excluding carboxylic acids is 5. The van der Waals surface area contributed by atoms with Crippen molar-refractivity contribution in [1.29, 1.82) is 0 Å². The summed E-state index contributed by atoms with van der Waals surface area (Å²) in [6.07, 6.45) is -3.64. The molecule has 1 aromatic carbocycles. The van der Waals surface area contributed by atoms with Crippen molar-refractivity contribution in [2.45, 2.75) is 57.8 Å². The summed E-state index contributed by atoms with van der Waals surface area (Å²) in [7, 11) is 0. The maximum Gasteiger partial charge on any atom is 0.418 e. The molecule has 1 aliphatic rings. The van der Waals surface area contributed by atoms with Crippen molar-refractivity contribution in [2.75, 3.05) is 25.0 Å². The van der Waals surface area contributed by atoms with Gasteiger partial charge in [0.15, 0.2) is 5.78 Å². The summed E-state index contributed by atoms with van der Waals surface area (Å²) >= 11 is 0. The Morgan fingerprint density at radius 3 is 2.35 bits per heavy atom. The van der Waals surface area contributed by atoms with E-state index in [9.17, 15) is 42.3 Å². The molecule has 1 aromatic rings. The molecule has 0 aliphatic carbocycles. The summed E-state index contributed by atoms with van der Waals surface area (Å²) in [5, 5.41) is 16.2. The molecule has 10 nitrogen and oxygen atoms in total. The number of aliphatic hydroxyl groups is 1. The highest BCUT2D eigenvalue weighted by molar-refractivity contribution is 6.40. The molecule has 4 amide bonds. The van der Waals surface area contributed by atoms with Crippen LogP contribution in [0.3, 0.4) is 0 Å². The van der Waals surface area contributed by atoms with Gasteiger partial charge in [0.2, 0.25) is 11.8 Å². The van der Waals surface area contributed by atoms with Gasteiger partial charge in [-0.1, -0.05) is 12.1 Å². The maximum atomic E-state index is 13.1. The zero-order chi connectivity index (χ0) is 28.0. The minimum atomic E-state index is -4.77. The lowest BCUT2D eigenvalue weighted by Gasteiger charge is -2.42. The lowest BCUT2D eigenvalue weighted by Crippen LogP contribution is -2.59. The standard InChI is InChI=1S/C24H31F3N4O6/c1-23(2,3)31(17(18(33)13-32)11-14-7-6-10-28-20(14)35)19(34)12-29-21(36)22(37)30-16-9-5-4-8-15(16)24(25,26)27/h4-5,8-9,14,17,32H,6-7,10-13H2,1-3H3,(H,28,35)(H,29,36)(H,30,37). The molecule has 4 N–H and O–H groups in total. The molecule has 2 atom stereocenters. The second kappa shape index (κ2) is 12.2. The van der Waals surface area contributed by atoms with Gasteiger partial charge in [0.05, 0.1) is 23.8 Å². The second-order valence-corrected chi connectivity index (χ2v) is 9.62. The predicted octanol–water partition coefficient (Wildman–Crippen LogP) is 1.23. The number of Topliss-reactive ketones (excluding diaryl/α,β-unsaturated/α-hetero) is 1. The first-order chi connectivity index (χ1) is 17.2. The van der Waals surface area contributed by atoms with Gasteiger partial charge in [0.25, 0.3) is 0 Å². The Balaban J connectivity index is 2.15. The van der Waals surface area contributed by atoms with E-state index in [1.54, 1.807) is 20.8 Å². The van der Waals surface area contributed by atoms with Gasteiger partial charge in [0, 0.05) is 18.0 Å². The normalized spacial score (nSPS) is 16.8. The van der Waals surface area contributed by atoms with Gasteiger partial charge in [-0.2, -0.15) is 13.2 Å². The Morgan fingerprint density at radius 2 is 1.78 bits per heavy atom. The number of para-hydroxylation sites is 1. The van der Waals surface area contributed by atoms with Crippen LogP contribution >= 0.6 is 0 Å². The van der Waals surface area contributed by atoms with Crippen LogP contribution in [0.15, 0.2) is 24.3 Å². The van der Waals surface area contributed by atoms with Gasteiger partial charge in [0.1, 0.15) is 6.61 Å². The van der Waals surface area contributed by atoms with Crippen LogP contribution in [0.5, 0.6) is 0 Å². The number of nitrogens with zero attached hydrogens (tertiary/aromatic N) is 1. The van der Waals surface area contributed by atoms with E-state index in [2.05, 4.69) is 10.6 Å². The number of aliphatic hydroxyl groups excluding tert-OH is 1. The van der Waals surface area contributed by atoms with Crippen LogP contribution in [0, 0.1) is 5.92 Å². The highest BCUT2D eigenvalue weighted by Crippen LogP contribution is 2.34. The van der Waals surface area contributed by atoms with Crippen LogP contribution in [0.1, 0.15) is 45.6 Å². The van der Waals surface area contributed by atoms with E-state index in [1.165, 1.54) is 6.07 Å². The summed E-state index contributed by atoms with van der Waals surface area (Å²) < 4.78 is 39.4. The minimum Gasteiger partial charge on any atom is -0.389 e. The number of alkyl halides is 3. The quantitative estimate of drug-likeness (QED) is 0.374. The number of anilines is 1. The number of carbonyl (C=O) groups is 5. The van der Waals surface area contributed by atoms with Gasteiger partial charge in [-0.25, -0.2) is 0 Å². The zero-order valence-corrected chi connectivity index (χ0v) is 20.8. The number of nitrogens with one attached hydrogen (secondary N) is 3. The van der Waals surface area contributed by atoms with Crippen molar-refractivity contribution in [3.05, 3.63) is 29.8 Å². The average molecular weight is 529 g/mol. The number of amides is 4. The topological polar surface area (TPSA) is 145 Å². The monoisotopic (exact) mass is 528 g/mol. The first-order valence-corrected chi connectivity index (χ1v) is 11.7. The van der Waals surface area contributed by atoms with Crippen LogP contribution in [-0.4, -0.2) is 70.7 Å². The molecule has 0 aromatic heterocycles. The summed E-state index contributed by atoms with van der Waals surface area (Å²) in [4.78, 5) is 63.6. The SMILES string of the molecule is CC(C)(C)N(C(=O)CNC(=O)C(=O)Nc1ccccc1C(F)(F)F)C(CC1CCCNC1=O)C(=O)CO. The van der Waals surface area contributed by atoms with E-state index < -0.39 is 71.6 Å². The number of rotatable bonds is 8. The fourth-order valence-corrected chi connectivity index (χ4v) is 4.17. The molecule has 1 heterocycles. The molecule has 1 fully saturated rings. The molecule has 13 heteroatoms. The number of hydrogen-bond donors (Lipinski definition) is 4. The van der Waals surface area contributed by atoms with E-state index in [-0.39, 0.29) is 12.3 Å². The van der Waals surface area contributed by atoms with Crippen LogP contribution < -0.4 is 16.0 Å². The Bertz CT molecular complexity index is 1040. The zero-order valence-electron chi connectivity index (χ0n) is 20.8. The smallest absolute Gasteiger partial charge is 0.389 e. The molecule has 0 saturated carbocycles. The summed E-state index contributed by atoms with van der Waals surface area (Å²) in [6, 6.07) is 2.91. The number of halogens is 3. The largest absolute Gasteiger partial charge is 0.418 e. The molecule has 204 valence electrons. The van der Waals surface area contributed by atoms with Crippen LogP contribution in [0.2, 0.25) is 0 Å². The van der Waals surface area contributed by atoms with Gasteiger partial charge < -0.3 is 26.0 Å². The number of ketones is 1. The van der Waals surface area contributed by atoms with Crippen molar-refractivity contribution in [1.82, 2.24) is 15.5 Å². The number of benzene rings is 1. The van der Waals surface area contributed by atoms with Crippen molar-refractivity contribution < 1.29 is 42.3 Å². The van der Waals surface area contributed by atoms with Gasteiger partial charge in [-0.15, -0.1) is 0 Å². The third-order valence-corrected chi connectivity index (χ3v) is 5.82. The minimum absolute atomic E-state index is 0.0447. The summed E-state index contributed by atoms with van der Waals surface area (Å²) in [5.74, 6) is -5.11. The van der Waals surface area contributed by atoms with Crippen LogP contribution in [0.25, 0.3) is 0 Å². The number of piperidine rings is 1. The molecular weight excluding hydrogens is 497 g/mol. The Labute approximate surface area is 212 Å².